The third-order valence-electron chi connectivity index (χ3n) is 4.42. The lowest BCUT2D eigenvalue weighted by atomic mass is 10.0. The highest BCUT2D eigenvalue weighted by molar-refractivity contribution is 5.39. The smallest absolute Gasteiger partial charge is 0.145 e. The molecule has 2 aromatic rings. The SMILES string of the molecule is CNC1CCCN(Cc2ccc(Oc3cccnc3)c(C)c2)C1. The minimum absolute atomic E-state index is 0.623. The van der Waals surface area contributed by atoms with Gasteiger partial charge in [0.15, 0.2) is 0 Å². The van der Waals surface area contributed by atoms with E-state index in [4.69, 9.17) is 4.74 Å². The molecule has 0 aliphatic carbocycles. The van der Waals surface area contributed by atoms with Crippen LogP contribution in [0.3, 0.4) is 0 Å². The van der Waals surface area contributed by atoms with Crippen molar-refractivity contribution >= 4 is 0 Å². The van der Waals surface area contributed by atoms with Crippen LogP contribution >= 0.6 is 0 Å². The summed E-state index contributed by atoms with van der Waals surface area (Å²) in [5.41, 5.74) is 2.51. The second-order valence-corrected chi connectivity index (χ2v) is 6.25. The Kier molecular flexibility index (Phi) is 5.26. The van der Waals surface area contributed by atoms with Crippen LogP contribution in [0.4, 0.5) is 0 Å². The summed E-state index contributed by atoms with van der Waals surface area (Å²) in [6.07, 6.45) is 6.04. The lowest BCUT2D eigenvalue weighted by Crippen LogP contribution is -2.43. The summed E-state index contributed by atoms with van der Waals surface area (Å²) in [4.78, 5) is 6.61. The van der Waals surface area contributed by atoms with Gasteiger partial charge >= 0.3 is 0 Å². The summed E-state index contributed by atoms with van der Waals surface area (Å²) in [5, 5.41) is 3.40. The van der Waals surface area contributed by atoms with Gasteiger partial charge < -0.3 is 10.1 Å². The van der Waals surface area contributed by atoms with Gasteiger partial charge in [-0.2, -0.15) is 0 Å². The predicted octanol–water partition coefficient (Wildman–Crippen LogP) is 3.37. The van der Waals surface area contributed by atoms with Crippen LogP contribution in [-0.4, -0.2) is 36.1 Å². The van der Waals surface area contributed by atoms with Crippen molar-refractivity contribution in [2.75, 3.05) is 20.1 Å². The number of hydrogen-bond acceptors (Lipinski definition) is 4. The van der Waals surface area contributed by atoms with E-state index in [2.05, 4.69) is 47.4 Å². The Bertz CT molecular complexity index is 630. The molecule has 122 valence electrons. The van der Waals surface area contributed by atoms with Crippen LogP contribution in [0.5, 0.6) is 11.5 Å². The average molecular weight is 311 g/mol. The molecule has 0 amide bonds. The van der Waals surface area contributed by atoms with Crippen LogP contribution in [0.1, 0.15) is 24.0 Å². The summed E-state index contributed by atoms with van der Waals surface area (Å²) >= 11 is 0. The third kappa shape index (κ3) is 4.30. The maximum Gasteiger partial charge on any atom is 0.145 e. The van der Waals surface area contributed by atoms with Gasteiger partial charge in [-0.15, -0.1) is 0 Å². The molecule has 1 N–H and O–H groups in total. The van der Waals surface area contributed by atoms with Crippen LogP contribution in [0.2, 0.25) is 0 Å². The number of rotatable bonds is 5. The van der Waals surface area contributed by atoms with Gasteiger partial charge in [0.05, 0.1) is 6.20 Å². The first kappa shape index (κ1) is 16.0. The maximum absolute atomic E-state index is 5.90. The fraction of sp³-hybridized carbons (Fsp3) is 0.421. The van der Waals surface area contributed by atoms with Gasteiger partial charge in [-0.1, -0.05) is 12.1 Å². The Morgan fingerprint density at radius 1 is 1.35 bits per heavy atom. The van der Waals surface area contributed by atoms with Crippen molar-refractivity contribution in [2.24, 2.45) is 0 Å². The second kappa shape index (κ2) is 7.57. The number of nitrogens with one attached hydrogen (secondary N) is 1. The van der Waals surface area contributed by atoms with E-state index in [1.54, 1.807) is 12.4 Å². The molecule has 0 bridgehead atoms. The van der Waals surface area contributed by atoms with E-state index < -0.39 is 0 Å². The first-order valence-corrected chi connectivity index (χ1v) is 8.31. The van der Waals surface area contributed by atoms with E-state index in [1.165, 1.54) is 24.9 Å². The standard InChI is InChI=1S/C19H25N3O/c1-15-11-16(13-22-10-4-5-17(14-22)20-2)7-8-19(15)23-18-6-3-9-21-12-18/h3,6-9,11-12,17,20H,4-5,10,13-14H2,1-2H3. The van der Waals surface area contributed by atoms with E-state index in [1.807, 2.05) is 12.1 Å². The predicted molar refractivity (Wildman–Crippen MR) is 92.8 cm³/mol. The van der Waals surface area contributed by atoms with Crippen LogP contribution in [0, 0.1) is 6.92 Å². The number of hydrogen-bond donors (Lipinski definition) is 1. The first-order chi connectivity index (χ1) is 11.2. The van der Waals surface area contributed by atoms with Gasteiger partial charge in [0.1, 0.15) is 11.5 Å². The third-order valence-corrected chi connectivity index (χ3v) is 4.42. The Balaban J connectivity index is 1.65. The highest BCUT2D eigenvalue weighted by Crippen LogP contribution is 2.26. The van der Waals surface area contributed by atoms with Gasteiger partial charge in [-0.05, 0) is 62.7 Å². The Morgan fingerprint density at radius 3 is 3.00 bits per heavy atom. The topological polar surface area (TPSA) is 37.4 Å². The molecule has 2 heterocycles. The summed E-state index contributed by atoms with van der Waals surface area (Å²) in [6, 6.07) is 10.9. The molecule has 0 saturated carbocycles. The Hall–Kier alpha value is -1.91. The molecule has 1 atom stereocenters. The van der Waals surface area contributed by atoms with Gasteiger partial charge in [0, 0.05) is 25.3 Å². The number of pyridine rings is 1. The fourth-order valence-electron chi connectivity index (χ4n) is 3.15. The van der Waals surface area contributed by atoms with Crippen molar-refractivity contribution < 1.29 is 4.74 Å². The number of ether oxygens (including phenoxy) is 1. The normalized spacial score (nSPS) is 18.8. The average Bonchev–Trinajstić information content (AvgIpc) is 2.58. The van der Waals surface area contributed by atoms with E-state index >= 15 is 0 Å². The number of benzene rings is 1. The second-order valence-electron chi connectivity index (χ2n) is 6.25. The minimum atomic E-state index is 0.623. The zero-order chi connectivity index (χ0) is 16.1. The zero-order valence-corrected chi connectivity index (χ0v) is 14.0. The molecule has 1 aromatic carbocycles. The van der Waals surface area contributed by atoms with E-state index in [-0.39, 0.29) is 0 Å². The Labute approximate surface area is 138 Å². The highest BCUT2D eigenvalue weighted by Gasteiger charge is 2.18. The van der Waals surface area contributed by atoms with Crippen molar-refractivity contribution in [3.63, 3.8) is 0 Å². The van der Waals surface area contributed by atoms with Crippen molar-refractivity contribution in [1.29, 1.82) is 0 Å². The fourth-order valence-corrected chi connectivity index (χ4v) is 3.15. The van der Waals surface area contributed by atoms with Crippen LogP contribution in [-0.2, 0) is 6.54 Å². The van der Waals surface area contributed by atoms with E-state index in [9.17, 15) is 0 Å². The lowest BCUT2D eigenvalue weighted by Gasteiger charge is -2.32. The quantitative estimate of drug-likeness (QED) is 0.919. The molecule has 1 fully saturated rings. The largest absolute Gasteiger partial charge is 0.455 e. The van der Waals surface area contributed by atoms with E-state index in [0.29, 0.717) is 6.04 Å². The van der Waals surface area contributed by atoms with Crippen LogP contribution in [0.15, 0.2) is 42.7 Å². The molecule has 4 nitrogen and oxygen atoms in total. The van der Waals surface area contributed by atoms with E-state index in [0.717, 1.165) is 30.2 Å². The molecule has 4 heteroatoms. The number of piperidine rings is 1. The van der Waals surface area contributed by atoms with Crippen molar-refractivity contribution in [3.8, 4) is 11.5 Å². The highest BCUT2D eigenvalue weighted by atomic mass is 16.5. The minimum Gasteiger partial charge on any atom is -0.455 e. The summed E-state index contributed by atoms with van der Waals surface area (Å²) < 4.78 is 5.90. The molecule has 23 heavy (non-hydrogen) atoms. The molecule has 1 aliphatic heterocycles. The zero-order valence-electron chi connectivity index (χ0n) is 14.0. The van der Waals surface area contributed by atoms with Gasteiger partial charge in [-0.25, -0.2) is 0 Å². The molecule has 0 radical (unpaired) electrons. The molecule has 1 aliphatic rings. The van der Waals surface area contributed by atoms with Crippen LogP contribution < -0.4 is 10.1 Å². The number of likely N-dealkylation sites (tertiary alicyclic amines) is 1. The molecular weight excluding hydrogens is 286 g/mol. The first-order valence-electron chi connectivity index (χ1n) is 8.31. The van der Waals surface area contributed by atoms with Gasteiger partial charge in [-0.3, -0.25) is 9.88 Å². The van der Waals surface area contributed by atoms with Crippen molar-refractivity contribution in [3.05, 3.63) is 53.9 Å². The number of likely N-dealkylation sites (N-methyl/N-ethyl adjacent to an activating group) is 1. The number of nitrogens with zero attached hydrogens (tertiary/aromatic N) is 2. The summed E-state index contributed by atoms with van der Waals surface area (Å²) in [5.74, 6) is 1.67. The molecule has 1 aromatic heterocycles. The summed E-state index contributed by atoms with van der Waals surface area (Å²) in [6.45, 7) is 5.42. The van der Waals surface area contributed by atoms with Crippen molar-refractivity contribution in [1.82, 2.24) is 15.2 Å². The molecule has 0 spiro atoms. The lowest BCUT2D eigenvalue weighted by molar-refractivity contribution is 0.188. The number of aromatic nitrogens is 1. The molecule has 1 unspecified atom stereocenters. The maximum atomic E-state index is 5.90. The van der Waals surface area contributed by atoms with Crippen LogP contribution in [0.25, 0.3) is 0 Å². The van der Waals surface area contributed by atoms with Gasteiger partial charge in [0.25, 0.3) is 0 Å². The Morgan fingerprint density at radius 2 is 2.26 bits per heavy atom. The number of aryl methyl sites for hydroxylation is 1. The molecular formula is C19H25N3O. The summed E-state index contributed by atoms with van der Waals surface area (Å²) in [7, 11) is 2.06. The van der Waals surface area contributed by atoms with Gasteiger partial charge in [0.2, 0.25) is 0 Å². The molecule has 1 saturated heterocycles. The molecule has 3 rings (SSSR count). The monoisotopic (exact) mass is 311 g/mol. The van der Waals surface area contributed by atoms with Crippen molar-refractivity contribution in [2.45, 2.75) is 32.4 Å².